The molecular formula is C16H25NO2. The summed E-state index contributed by atoms with van der Waals surface area (Å²) in [7, 11) is 3.45. The summed E-state index contributed by atoms with van der Waals surface area (Å²) in [5, 5.41) is 3.75. The molecule has 1 aromatic rings. The Bertz CT molecular complexity index is 409. The quantitative estimate of drug-likeness (QED) is 0.902. The van der Waals surface area contributed by atoms with Gasteiger partial charge in [-0.15, -0.1) is 0 Å². The topological polar surface area (TPSA) is 30.5 Å². The van der Waals surface area contributed by atoms with Crippen LogP contribution in [0.3, 0.4) is 0 Å². The van der Waals surface area contributed by atoms with Crippen LogP contribution < -0.4 is 14.8 Å². The van der Waals surface area contributed by atoms with Crippen molar-refractivity contribution in [2.75, 3.05) is 20.8 Å². The predicted octanol–water partition coefficient (Wildman–Crippen LogP) is 3.47. The van der Waals surface area contributed by atoms with Gasteiger partial charge in [0.2, 0.25) is 0 Å². The lowest BCUT2D eigenvalue weighted by molar-refractivity contribution is 0.293. The van der Waals surface area contributed by atoms with E-state index < -0.39 is 0 Å². The van der Waals surface area contributed by atoms with Crippen molar-refractivity contribution in [1.82, 2.24) is 5.32 Å². The number of ether oxygens (including phenoxy) is 2. The van der Waals surface area contributed by atoms with Gasteiger partial charge in [0.1, 0.15) is 11.5 Å². The minimum atomic E-state index is 0.0242. The third kappa shape index (κ3) is 2.86. The zero-order valence-corrected chi connectivity index (χ0v) is 12.3. The Labute approximate surface area is 116 Å². The minimum Gasteiger partial charge on any atom is -0.497 e. The number of rotatable bonds is 4. The minimum absolute atomic E-state index is 0.0242. The van der Waals surface area contributed by atoms with Crippen LogP contribution in [0.15, 0.2) is 18.2 Å². The molecule has 0 amide bonds. The van der Waals surface area contributed by atoms with E-state index in [-0.39, 0.29) is 5.54 Å². The van der Waals surface area contributed by atoms with Gasteiger partial charge in [-0.1, -0.05) is 19.8 Å². The first-order chi connectivity index (χ1) is 9.25. The van der Waals surface area contributed by atoms with Crippen LogP contribution in [-0.4, -0.2) is 20.8 Å². The summed E-state index contributed by atoms with van der Waals surface area (Å²) in [6.07, 6.45) is 6.06. The monoisotopic (exact) mass is 263 g/mol. The first-order valence-electron chi connectivity index (χ1n) is 7.23. The Morgan fingerprint density at radius 3 is 2.68 bits per heavy atom. The third-order valence-corrected chi connectivity index (χ3v) is 4.27. The number of hydrogen-bond acceptors (Lipinski definition) is 3. The number of nitrogens with one attached hydrogen (secondary N) is 1. The highest BCUT2D eigenvalue weighted by Crippen LogP contribution is 2.39. The van der Waals surface area contributed by atoms with Crippen molar-refractivity contribution in [2.45, 2.75) is 44.6 Å². The van der Waals surface area contributed by atoms with E-state index >= 15 is 0 Å². The Morgan fingerprint density at radius 2 is 2.00 bits per heavy atom. The second-order valence-corrected chi connectivity index (χ2v) is 5.24. The lowest BCUT2D eigenvalue weighted by Gasteiger charge is -2.34. The predicted molar refractivity (Wildman–Crippen MR) is 78.0 cm³/mol. The molecule has 1 aliphatic heterocycles. The molecule has 1 fully saturated rings. The molecule has 2 rings (SSSR count). The standard InChI is InChI=1S/C16H25NO2/c1-4-16(10-6-5-7-11-17-16)14-12-13(18-2)8-9-15(14)19-3/h8-9,12,17H,4-7,10-11H2,1-3H3. The van der Waals surface area contributed by atoms with Gasteiger partial charge in [0.25, 0.3) is 0 Å². The fraction of sp³-hybridized carbons (Fsp3) is 0.625. The van der Waals surface area contributed by atoms with E-state index in [9.17, 15) is 0 Å². The molecule has 3 heteroatoms. The van der Waals surface area contributed by atoms with Crippen LogP contribution in [0.25, 0.3) is 0 Å². The van der Waals surface area contributed by atoms with E-state index in [1.807, 2.05) is 12.1 Å². The van der Waals surface area contributed by atoms with Crippen LogP contribution in [0.1, 0.15) is 44.6 Å². The maximum atomic E-state index is 5.57. The van der Waals surface area contributed by atoms with Crippen molar-refractivity contribution in [3.63, 3.8) is 0 Å². The van der Waals surface area contributed by atoms with Crippen LogP contribution in [0.2, 0.25) is 0 Å². The van der Waals surface area contributed by atoms with E-state index in [0.717, 1.165) is 30.9 Å². The van der Waals surface area contributed by atoms with E-state index in [4.69, 9.17) is 9.47 Å². The highest BCUT2D eigenvalue weighted by molar-refractivity contribution is 5.45. The van der Waals surface area contributed by atoms with E-state index in [0.29, 0.717) is 0 Å². The van der Waals surface area contributed by atoms with Crippen molar-refractivity contribution < 1.29 is 9.47 Å². The highest BCUT2D eigenvalue weighted by atomic mass is 16.5. The fourth-order valence-electron chi connectivity index (χ4n) is 3.05. The van der Waals surface area contributed by atoms with Gasteiger partial charge in [0.05, 0.1) is 14.2 Å². The van der Waals surface area contributed by atoms with Gasteiger partial charge in [-0.3, -0.25) is 0 Å². The number of hydrogen-bond donors (Lipinski definition) is 1. The molecule has 1 N–H and O–H groups in total. The van der Waals surface area contributed by atoms with Gasteiger partial charge in [0, 0.05) is 11.1 Å². The molecule has 1 aliphatic rings. The Hall–Kier alpha value is -1.22. The average molecular weight is 263 g/mol. The summed E-state index contributed by atoms with van der Waals surface area (Å²) in [6.45, 7) is 3.32. The molecule has 0 bridgehead atoms. The van der Waals surface area contributed by atoms with Gasteiger partial charge in [-0.2, -0.15) is 0 Å². The van der Waals surface area contributed by atoms with Crippen molar-refractivity contribution in [3.8, 4) is 11.5 Å². The summed E-state index contributed by atoms with van der Waals surface area (Å²) in [5.41, 5.74) is 1.26. The molecule has 1 aromatic carbocycles. The van der Waals surface area contributed by atoms with Crippen LogP contribution in [-0.2, 0) is 5.54 Å². The van der Waals surface area contributed by atoms with E-state index in [1.54, 1.807) is 14.2 Å². The third-order valence-electron chi connectivity index (χ3n) is 4.27. The maximum Gasteiger partial charge on any atom is 0.124 e. The van der Waals surface area contributed by atoms with Crippen LogP contribution in [0, 0.1) is 0 Å². The Kier molecular flexibility index (Phi) is 4.70. The van der Waals surface area contributed by atoms with E-state index in [2.05, 4.69) is 18.3 Å². The van der Waals surface area contributed by atoms with Crippen LogP contribution in [0.4, 0.5) is 0 Å². The number of benzene rings is 1. The molecule has 0 radical (unpaired) electrons. The average Bonchev–Trinajstić information content (AvgIpc) is 2.73. The molecule has 19 heavy (non-hydrogen) atoms. The summed E-state index contributed by atoms with van der Waals surface area (Å²) in [4.78, 5) is 0. The van der Waals surface area contributed by atoms with Gasteiger partial charge >= 0.3 is 0 Å². The highest BCUT2D eigenvalue weighted by Gasteiger charge is 2.33. The van der Waals surface area contributed by atoms with Crippen molar-refractivity contribution in [1.29, 1.82) is 0 Å². The SMILES string of the molecule is CCC1(c2cc(OC)ccc2OC)CCCCCN1. The lowest BCUT2D eigenvalue weighted by Crippen LogP contribution is -2.41. The Balaban J connectivity index is 2.45. The van der Waals surface area contributed by atoms with Crippen molar-refractivity contribution >= 4 is 0 Å². The smallest absolute Gasteiger partial charge is 0.124 e. The molecule has 0 aliphatic carbocycles. The summed E-state index contributed by atoms with van der Waals surface area (Å²) in [5.74, 6) is 1.85. The van der Waals surface area contributed by atoms with Gasteiger partial charge in [0.15, 0.2) is 0 Å². The summed E-state index contributed by atoms with van der Waals surface area (Å²) < 4.78 is 11.0. The van der Waals surface area contributed by atoms with Crippen molar-refractivity contribution in [3.05, 3.63) is 23.8 Å². The van der Waals surface area contributed by atoms with Gasteiger partial charge in [-0.25, -0.2) is 0 Å². The second kappa shape index (κ2) is 6.29. The lowest BCUT2D eigenvalue weighted by atomic mass is 9.82. The Morgan fingerprint density at radius 1 is 1.16 bits per heavy atom. The zero-order chi connectivity index (χ0) is 13.7. The molecular weight excluding hydrogens is 238 g/mol. The number of methoxy groups -OCH3 is 2. The molecule has 3 nitrogen and oxygen atoms in total. The zero-order valence-electron chi connectivity index (χ0n) is 12.3. The van der Waals surface area contributed by atoms with Crippen molar-refractivity contribution in [2.24, 2.45) is 0 Å². The molecule has 1 atom stereocenters. The van der Waals surface area contributed by atoms with Gasteiger partial charge < -0.3 is 14.8 Å². The summed E-state index contributed by atoms with van der Waals surface area (Å²) in [6, 6.07) is 6.10. The maximum absolute atomic E-state index is 5.57. The second-order valence-electron chi connectivity index (χ2n) is 5.24. The van der Waals surface area contributed by atoms with Crippen LogP contribution >= 0.6 is 0 Å². The largest absolute Gasteiger partial charge is 0.497 e. The molecule has 0 spiro atoms. The normalized spacial score (nSPS) is 23.7. The molecule has 0 saturated carbocycles. The molecule has 1 unspecified atom stereocenters. The molecule has 106 valence electrons. The van der Waals surface area contributed by atoms with E-state index in [1.165, 1.54) is 24.8 Å². The molecule has 1 saturated heterocycles. The molecule has 0 aromatic heterocycles. The summed E-state index contributed by atoms with van der Waals surface area (Å²) >= 11 is 0. The van der Waals surface area contributed by atoms with Gasteiger partial charge in [-0.05, 0) is 44.0 Å². The molecule has 1 heterocycles. The van der Waals surface area contributed by atoms with Crippen LogP contribution in [0.5, 0.6) is 11.5 Å². The fourth-order valence-corrected chi connectivity index (χ4v) is 3.05. The first kappa shape index (κ1) is 14.2. The first-order valence-corrected chi connectivity index (χ1v) is 7.23.